The van der Waals surface area contributed by atoms with Gasteiger partial charge in [0.1, 0.15) is 11.2 Å². The molecule has 1 saturated heterocycles. The predicted octanol–water partition coefficient (Wildman–Crippen LogP) is 1.70. The Hall–Kier alpha value is -1.41. The van der Waals surface area contributed by atoms with Crippen molar-refractivity contribution < 1.29 is 26.4 Å². The topological polar surface area (TPSA) is 54.5 Å². The van der Waals surface area contributed by atoms with Gasteiger partial charge in [0.15, 0.2) is 17.5 Å². The molecule has 0 N–H and O–H groups in total. The largest absolute Gasteiger partial charge is 0.303 e. The number of hydrogen-bond acceptors (Lipinski definition) is 3. The van der Waals surface area contributed by atoms with E-state index in [1.165, 1.54) is 0 Å². The Morgan fingerprint density at radius 1 is 1.10 bits per heavy atom. The van der Waals surface area contributed by atoms with E-state index in [-0.39, 0.29) is 19.0 Å². The SMILES string of the molecule is O=CC1CCN(S(=O)(=O)c2ccc(F)c(F)c2F)CC1. The molecule has 0 aromatic heterocycles. The first-order valence-electron chi connectivity index (χ1n) is 5.97. The van der Waals surface area contributed by atoms with E-state index in [1.54, 1.807) is 0 Å². The zero-order valence-electron chi connectivity index (χ0n) is 10.4. The fourth-order valence-electron chi connectivity index (χ4n) is 2.10. The fourth-order valence-corrected chi connectivity index (χ4v) is 3.62. The molecule has 0 saturated carbocycles. The van der Waals surface area contributed by atoms with E-state index in [4.69, 9.17) is 0 Å². The Bertz CT molecular complexity index is 625. The van der Waals surface area contributed by atoms with Gasteiger partial charge < -0.3 is 4.79 Å². The molecular weight excluding hydrogens is 295 g/mol. The molecule has 2 rings (SSSR count). The lowest BCUT2D eigenvalue weighted by Crippen LogP contribution is -2.39. The van der Waals surface area contributed by atoms with E-state index < -0.39 is 32.4 Å². The summed E-state index contributed by atoms with van der Waals surface area (Å²) >= 11 is 0. The minimum Gasteiger partial charge on any atom is -0.303 e. The summed E-state index contributed by atoms with van der Waals surface area (Å²) in [6.45, 7) is 0.0916. The lowest BCUT2D eigenvalue weighted by molar-refractivity contribution is -0.112. The second-order valence-electron chi connectivity index (χ2n) is 4.55. The van der Waals surface area contributed by atoms with Gasteiger partial charge in [0.2, 0.25) is 10.0 Å². The number of piperidine rings is 1. The number of nitrogens with zero attached hydrogens (tertiary/aromatic N) is 1. The summed E-state index contributed by atoms with van der Waals surface area (Å²) < 4.78 is 64.9. The van der Waals surface area contributed by atoms with Crippen molar-refractivity contribution in [3.63, 3.8) is 0 Å². The van der Waals surface area contributed by atoms with Crippen LogP contribution in [0.15, 0.2) is 17.0 Å². The second-order valence-corrected chi connectivity index (χ2v) is 6.46. The molecule has 4 nitrogen and oxygen atoms in total. The van der Waals surface area contributed by atoms with Crippen molar-refractivity contribution in [3.05, 3.63) is 29.6 Å². The van der Waals surface area contributed by atoms with E-state index >= 15 is 0 Å². The summed E-state index contributed by atoms with van der Waals surface area (Å²) in [6.07, 6.45) is 1.41. The number of carbonyl (C=O) groups is 1. The van der Waals surface area contributed by atoms with Gasteiger partial charge in [-0.3, -0.25) is 0 Å². The zero-order valence-corrected chi connectivity index (χ0v) is 11.2. The van der Waals surface area contributed by atoms with Gasteiger partial charge in [0.25, 0.3) is 0 Å². The van der Waals surface area contributed by atoms with Crippen LogP contribution < -0.4 is 0 Å². The van der Waals surface area contributed by atoms with Crippen LogP contribution in [-0.2, 0) is 14.8 Å². The molecule has 0 unspecified atom stereocenters. The molecule has 0 aliphatic carbocycles. The molecule has 1 aliphatic rings. The van der Waals surface area contributed by atoms with Crippen LogP contribution in [0.25, 0.3) is 0 Å². The number of benzene rings is 1. The Labute approximate surface area is 114 Å². The van der Waals surface area contributed by atoms with Crippen molar-refractivity contribution in [2.75, 3.05) is 13.1 Å². The Balaban J connectivity index is 2.32. The molecule has 1 aromatic carbocycles. The van der Waals surface area contributed by atoms with Crippen LogP contribution in [0.3, 0.4) is 0 Å². The summed E-state index contributed by atoms with van der Waals surface area (Å²) in [5.74, 6) is -5.20. The first kappa shape index (κ1) is 15.0. The van der Waals surface area contributed by atoms with Crippen molar-refractivity contribution in [1.82, 2.24) is 4.31 Å². The van der Waals surface area contributed by atoms with Crippen molar-refractivity contribution in [2.24, 2.45) is 5.92 Å². The fraction of sp³-hybridized carbons (Fsp3) is 0.417. The van der Waals surface area contributed by atoms with Crippen LogP contribution in [0.5, 0.6) is 0 Å². The van der Waals surface area contributed by atoms with Gasteiger partial charge in [-0.2, -0.15) is 4.31 Å². The Kier molecular flexibility index (Phi) is 4.14. The van der Waals surface area contributed by atoms with Gasteiger partial charge in [-0.05, 0) is 25.0 Å². The van der Waals surface area contributed by atoms with E-state index in [1.807, 2.05) is 0 Å². The Morgan fingerprint density at radius 3 is 2.25 bits per heavy atom. The monoisotopic (exact) mass is 307 g/mol. The molecule has 1 aliphatic heterocycles. The Morgan fingerprint density at radius 2 is 1.70 bits per heavy atom. The minimum atomic E-state index is -4.23. The number of carbonyl (C=O) groups excluding carboxylic acids is 1. The van der Waals surface area contributed by atoms with Gasteiger partial charge in [0.05, 0.1) is 0 Å². The van der Waals surface area contributed by atoms with Gasteiger partial charge in [-0.1, -0.05) is 0 Å². The van der Waals surface area contributed by atoms with E-state index in [9.17, 15) is 26.4 Å². The van der Waals surface area contributed by atoms with Gasteiger partial charge in [-0.25, -0.2) is 21.6 Å². The molecule has 0 bridgehead atoms. The first-order chi connectivity index (χ1) is 9.37. The quantitative estimate of drug-likeness (QED) is 0.631. The molecule has 0 amide bonds. The standard InChI is InChI=1S/C12H12F3NO3S/c13-9-1-2-10(12(15)11(9)14)20(18,19)16-5-3-8(7-17)4-6-16/h1-2,7-8H,3-6H2. The van der Waals surface area contributed by atoms with Crippen LogP contribution in [0.2, 0.25) is 0 Å². The molecule has 0 spiro atoms. The maximum absolute atomic E-state index is 13.6. The predicted molar refractivity (Wildman–Crippen MR) is 63.9 cm³/mol. The second kappa shape index (κ2) is 5.53. The van der Waals surface area contributed by atoms with E-state index in [0.29, 0.717) is 25.0 Å². The molecule has 0 radical (unpaired) electrons. The molecule has 110 valence electrons. The minimum absolute atomic E-state index is 0.0458. The third-order valence-electron chi connectivity index (χ3n) is 3.31. The van der Waals surface area contributed by atoms with Crippen LogP contribution in [-0.4, -0.2) is 32.1 Å². The number of hydrogen-bond donors (Lipinski definition) is 0. The lowest BCUT2D eigenvalue weighted by atomic mass is 10.0. The van der Waals surface area contributed by atoms with Gasteiger partial charge in [0, 0.05) is 19.0 Å². The number of halogens is 3. The lowest BCUT2D eigenvalue weighted by Gasteiger charge is -2.28. The summed E-state index contributed by atoms with van der Waals surface area (Å²) in [6, 6.07) is 1.28. The van der Waals surface area contributed by atoms with E-state index in [0.717, 1.165) is 10.6 Å². The number of rotatable bonds is 3. The summed E-state index contributed by atoms with van der Waals surface area (Å²) in [5.41, 5.74) is 0. The van der Waals surface area contributed by atoms with Crippen LogP contribution in [0.4, 0.5) is 13.2 Å². The highest BCUT2D eigenvalue weighted by atomic mass is 32.2. The summed E-state index contributed by atoms with van der Waals surface area (Å²) in [7, 11) is -4.23. The highest BCUT2D eigenvalue weighted by Gasteiger charge is 2.32. The molecule has 0 atom stereocenters. The highest BCUT2D eigenvalue weighted by Crippen LogP contribution is 2.26. The first-order valence-corrected chi connectivity index (χ1v) is 7.41. The van der Waals surface area contributed by atoms with Gasteiger partial charge in [-0.15, -0.1) is 0 Å². The van der Waals surface area contributed by atoms with Crippen LogP contribution in [0, 0.1) is 23.4 Å². The molecule has 8 heteroatoms. The molecule has 20 heavy (non-hydrogen) atoms. The molecule has 1 fully saturated rings. The van der Waals surface area contributed by atoms with Crippen LogP contribution in [0.1, 0.15) is 12.8 Å². The smallest absolute Gasteiger partial charge is 0.246 e. The maximum Gasteiger partial charge on any atom is 0.246 e. The third-order valence-corrected chi connectivity index (χ3v) is 5.22. The zero-order chi connectivity index (χ0) is 14.9. The number of aldehydes is 1. The molecule has 1 heterocycles. The average molecular weight is 307 g/mol. The van der Waals surface area contributed by atoms with Crippen molar-refractivity contribution in [1.29, 1.82) is 0 Å². The maximum atomic E-state index is 13.6. The molecular formula is C12H12F3NO3S. The summed E-state index contributed by atoms with van der Waals surface area (Å²) in [5, 5.41) is 0. The van der Waals surface area contributed by atoms with Crippen molar-refractivity contribution in [3.8, 4) is 0 Å². The van der Waals surface area contributed by atoms with Crippen molar-refractivity contribution >= 4 is 16.3 Å². The third kappa shape index (κ3) is 2.57. The van der Waals surface area contributed by atoms with E-state index in [2.05, 4.69) is 0 Å². The summed E-state index contributed by atoms with van der Waals surface area (Å²) in [4.78, 5) is 9.72. The normalized spacial score (nSPS) is 18.1. The molecule has 1 aromatic rings. The van der Waals surface area contributed by atoms with Gasteiger partial charge >= 0.3 is 0 Å². The highest BCUT2D eigenvalue weighted by molar-refractivity contribution is 7.89. The average Bonchev–Trinajstić information content (AvgIpc) is 2.44. The number of sulfonamides is 1. The van der Waals surface area contributed by atoms with Crippen molar-refractivity contribution in [2.45, 2.75) is 17.7 Å². The van der Waals surface area contributed by atoms with Crippen LogP contribution >= 0.6 is 0 Å².